The summed E-state index contributed by atoms with van der Waals surface area (Å²) in [6, 6.07) is 0.344. The Morgan fingerprint density at radius 2 is 2.29 bits per heavy atom. The van der Waals surface area contributed by atoms with E-state index < -0.39 is 9.84 Å². The highest BCUT2D eigenvalue weighted by Gasteiger charge is 2.37. The molecule has 14 heavy (non-hydrogen) atoms. The second-order valence-corrected chi connectivity index (χ2v) is 6.38. The largest absolute Gasteiger partial charge is 0.375 e. The summed E-state index contributed by atoms with van der Waals surface area (Å²) < 4.78 is 28.5. The molecule has 2 aliphatic rings. The fraction of sp³-hybridized carbons (Fsp3) is 1.00. The molecule has 1 N–H and O–H groups in total. The van der Waals surface area contributed by atoms with Crippen molar-refractivity contribution in [3.8, 4) is 0 Å². The highest BCUT2D eigenvalue weighted by atomic mass is 32.2. The molecule has 3 unspecified atom stereocenters. The molecule has 2 heterocycles. The maximum absolute atomic E-state index is 11.4. The van der Waals surface area contributed by atoms with E-state index in [2.05, 4.69) is 12.2 Å². The fourth-order valence-corrected chi connectivity index (χ4v) is 3.76. The Balaban J connectivity index is 2.04. The number of hydrogen-bond acceptors (Lipinski definition) is 4. The van der Waals surface area contributed by atoms with Crippen molar-refractivity contribution in [3.63, 3.8) is 0 Å². The molecule has 0 saturated carbocycles. The summed E-state index contributed by atoms with van der Waals surface area (Å²) in [4.78, 5) is 0. The molecule has 0 aromatic rings. The monoisotopic (exact) mass is 219 g/mol. The molecular formula is C9H17NO3S. The summed E-state index contributed by atoms with van der Waals surface area (Å²) in [6.45, 7) is 2.80. The van der Waals surface area contributed by atoms with Crippen LogP contribution in [0.3, 0.4) is 0 Å². The van der Waals surface area contributed by atoms with Crippen molar-refractivity contribution in [2.24, 2.45) is 0 Å². The molecule has 0 bridgehead atoms. The van der Waals surface area contributed by atoms with Crippen molar-refractivity contribution in [3.05, 3.63) is 0 Å². The lowest BCUT2D eigenvalue weighted by molar-refractivity contribution is -0.0261. The van der Waals surface area contributed by atoms with E-state index in [9.17, 15) is 8.42 Å². The number of hydrogen-bond donors (Lipinski definition) is 1. The number of morpholine rings is 1. The summed E-state index contributed by atoms with van der Waals surface area (Å²) in [7, 11) is -2.83. The average molecular weight is 219 g/mol. The maximum Gasteiger partial charge on any atom is 0.152 e. The second kappa shape index (κ2) is 3.79. The predicted molar refractivity (Wildman–Crippen MR) is 54.0 cm³/mol. The van der Waals surface area contributed by atoms with Gasteiger partial charge in [-0.05, 0) is 12.8 Å². The standard InChI is InChI=1S/C9H17NO3S/c1-2-7-5-13-9-3-4-14(11,12)6-8(9)10-7/h7-10H,2-6H2,1H3. The van der Waals surface area contributed by atoms with Gasteiger partial charge in [-0.15, -0.1) is 0 Å². The third-order valence-electron chi connectivity index (χ3n) is 3.05. The quantitative estimate of drug-likeness (QED) is 0.671. The van der Waals surface area contributed by atoms with E-state index in [0.717, 1.165) is 13.0 Å². The van der Waals surface area contributed by atoms with Gasteiger partial charge in [0.25, 0.3) is 0 Å². The third-order valence-corrected chi connectivity index (χ3v) is 4.77. The number of sulfone groups is 1. The molecule has 5 heteroatoms. The van der Waals surface area contributed by atoms with Gasteiger partial charge in [-0.1, -0.05) is 6.92 Å². The van der Waals surface area contributed by atoms with Crippen molar-refractivity contribution >= 4 is 9.84 Å². The molecule has 2 saturated heterocycles. The molecule has 0 aromatic carbocycles. The van der Waals surface area contributed by atoms with Gasteiger partial charge < -0.3 is 10.1 Å². The minimum absolute atomic E-state index is 0.0208. The van der Waals surface area contributed by atoms with Gasteiger partial charge >= 0.3 is 0 Å². The SMILES string of the molecule is CCC1COC2CCS(=O)(=O)CC2N1. The first-order valence-corrected chi connectivity index (χ1v) is 7.01. The molecule has 2 aliphatic heterocycles. The van der Waals surface area contributed by atoms with Crippen molar-refractivity contribution in [1.82, 2.24) is 5.32 Å². The van der Waals surface area contributed by atoms with Crippen LogP contribution in [0.2, 0.25) is 0 Å². The molecule has 0 aromatic heterocycles. The van der Waals surface area contributed by atoms with Gasteiger partial charge in [0.1, 0.15) is 0 Å². The summed E-state index contributed by atoms with van der Waals surface area (Å²) >= 11 is 0. The minimum Gasteiger partial charge on any atom is -0.375 e. The number of ether oxygens (including phenoxy) is 1. The van der Waals surface area contributed by atoms with E-state index in [0.29, 0.717) is 12.5 Å². The van der Waals surface area contributed by atoms with Crippen LogP contribution in [-0.4, -0.2) is 44.7 Å². The van der Waals surface area contributed by atoms with Gasteiger partial charge in [-0.3, -0.25) is 0 Å². The Labute approximate surface area is 84.9 Å². The molecule has 2 rings (SSSR count). The maximum atomic E-state index is 11.4. The number of nitrogens with one attached hydrogen (secondary N) is 1. The third kappa shape index (κ3) is 2.10. The molecule has 0 amide bonds. The van der Waals surface area contributed by atoms with Gasteiger partial charge in [0, 0.05) is 12.1 Å². The predicted octanol–water partition coefficient (Wildman–Crippen LogP) is -0.0595. The molecule has 0 spiro atoms. The molecule has 4 nitrogen and oxygen atoms in total. The fourth-order valence-electron chi connectivity index (χ4n) is 2.14. The van der Waals surface area contributed by atoms with Crippen LogP contribution < -0.4 is 5.32 Å². The Morgan fingerprint density at radius 1 is 1.50 bits per heavy atom. The lowest BCUT2D eigenvalue weighted by atomic mass is 10.0. The van der Waals surface area contributed by atoms with Crippen LogP contribution in [0.5, 0.6) is 0 Å². The van der Waals surface area contributed by atoms with Gasteiger partial charge in [0.15, 0.2) is 9.84 Å². The second-order valence-electron chi connectivity index (χ2n) is 4.15. The first-order valence-electron chi connectivity index (χ1n) is 5.19. The smallest absolute Gasteiger partial charge is 0.152 e. The van der Waals surface area contributed by atoms with Crippen LogP contribution in [-0.2, 0) is 14.6 Å². The summed E-state index contributed by atoms with van der Waals surface area (Å²) in [6.07, 6.45) is 1.75. The van der Waals surface area contributed by atoms with Crippen molar-refractivity contribution in [2.75, 3.05) is 18.1 Å². The molecular weight excluding hydrogens is 202 g/mol. The zero-order valence-corrected chi connectivity index (χ0v) is 9.22. The van der Waals surface area contributed by atoms with Crippen LogP contribution in [0.1, 0.15) is 19.8 Å². The van der Waals surface area contributed by atoms with Crippen LogP contribution in [0.4, 0.5) is 0 Å². The summed E-state index contributed by atoms with van der Waals surface area (Å²) in [5, 5.41) is 3.36. The average Bonchev–Trinajstić information content (AvgIpc) is 2.15. The van der Waals surface area contributed by atoms with Crippen molar-refractivity contribution in [1.29, 1.82) is 0 Å². The van der Waals surface area contributed by atoms with Crippen molar-refractivity contribution < 1.29 is 13.2 Å². The lowest BCUT2D eigenvalue weighted by Gasteiger charge is -2.39. The van der Waals surface area contributed by atoms with E-state index in [4.69, 9.17) is 4.74 Å². The van der Waals surface area contributed by atoms with Gasteiger partial charge in [-0.25, -0.2) is 8.42 Å². The zero-order chi connectivity index (χ0) is 10.2. The van der Waals surface area contributed by atoms with Gasteiger partial charge in [0.2, 0.25) is 0 Å². The lowest BCUT2D eigenvalue weighted by Crippen LogP contribution is -2.59. The van der Waals surface area contributed by atoms with Gasteiger partial charge in [-0.2, -0.15) is 0 Å². The highest BCUT2D eigenvalue weighted by molar-refractivity contribution is 7.91. The van der Waals surface area contributed by atoms with Crippen LogP contribution in [0.25, 0.3) is 0 Å². The van der Waals surface area contributed by atoms with E-state index in [-0.39, 0.29) is 23.7 Å². The van der Waals surface area contributed by atoms with E-state index in [1.54, 1.807) is 0 Å². The minimum atomic E-state index is -2.83. The Kier molecular flexibility index (Phi) is 2.81. The Morgan fingerprint density at radius 3 is 3.00 bits per heavy atom. The van der Waals surface area contributed by atoms with Crippen LogP contribution in [0.15, 0.2) is 0 Å². The normalized spacial score (nSPS) is 41.6. The van der Waals surface area contributed by atoms with Gasteiger partial charge in [0.05, 0.1) is 24.2 Å². The number of fused-ring (bicyclic) bond motifs is 1. The van der Waals surface area contributed by atoms with Crippen LogP contribution >= 0.6 is 0 Å². The number of rotatable bonds is 1. The molecule has 82 valence electrons. The molecule has 2 fully saturated rings. The van der Waals surface area contributed by atoms with E-state index in [1.807, 2.05) is 0 Å². The summed E-state index contributed by atoms with van der Waals surface area (Å²) in [5.41, 5.74) is 0. The van der Waals surface area contributed by atoms with Crippen LogP contribution in [0, 0.1) is 0 Å². The van der Waals surface area contributed by atoms with Crippen molar-refractivity contribution in [2.45, 2.75) is 38.0 Å². The topological polar surface area (TPSA) is 55.4 Å². The summed E-state index contributed by atoms with van der Waals surface area (Å²) in [5.74, 6) is 0.529. The molecule has 3 atom stereocenters. The Hall–Kier alpha value is -0.130. The first-order chi connectivity index (χ1) is 6.61. The zero-order valence-electron chi connectivity index (χ0n) is 8.40. The highest BCUT2D eigenvalue weighted by Crippen LogP contribution is 2.20. The molecule has 0 aliphatic carbocycles. The molecule has 0 radical (unpaired) electrons. The Bertz CT molecular complexity index is 301. The van der Waals surface area contributed by atoms with E-state index >= 15 is 0 Å². The first kappa shape index (κ1) is 10.4. The van der Waals surface area contributed by atoms with E-state index in [1.165, 1.54) is 0 Å².